The summed E-state index contributed by atoms with van der Waals surface area (Å²) in [6.07, 6.45) is 7.27. The van der Waals surface area contributed by atoms with E-state index in [1.54, 1.807) is 13.8 Å². The van der Waals surface area contributed by atoms with Crippen molar-refractivity contribution < 1.29 is 34.0 Å². The number of hydrogen-bond donors (Lipinski definition) is 3. The molecule has 0 aromatic carbocycles. The smallest absolute Gasteiger partial charge is 0.239 e. The van der Waals surface area contributed by atoms with Gasteiger partial charge in [-0.3, -0.25) is 9.69 Å². The highest BCUT2D eigenvalue weighted by molar-refractivity contribution is 5.84. The first kappa shape index (κ1) is 37.1. The molecule has 0 aromatic heterocycles. The Kier molecular flexibility index (Phi) is 8.96. The molecule has 2 spiro atoms. The summed E-state index contributed by atoms with van der Waals surface area (Å²) in [5.74, 6) is 1.50. The van der Waals surface area contributed by atoms with E-state index in [4.69, 9.17) is 24.7 Å². The Labute approximate surface area is 306 Å². The van der Waals surface area contributed by atoms with Crippen molar-refractivity contribution in [1.82, 2.24) is 9.80 Å². The number of likely N-dealkylation sites (tertiary alicyclic amines) is 1. The number of likely N-dealkylation sites (N-methyl/N-ethyl adjacent to an activating group) is 1. The first-order chi connectivity index (χ1) is 24.0. The van der Waals surface area contributed by atoms with E-state index in [2.05, 4.69) is 39.5 Å². The van der Waals surface area contributed by atoms with Gasteiger partial charge in [0.05, 0.1) is 54.7 Å². The highest BCUT2D eigenvalue weighted by atomic mass is 16.7. The molecule has 8 fully saturated rings. The van der Waals surface area contributed by atoms with Crippen LogP contribution in [0.3, 0.4) is 0 Å². The SMILES string of the molecule is CCO[C@H](C1C[C@@H](C)[C@H]2C(O1)[C@H](O)[C@@]1(N)C3CC[C@H]4C(C)(C)C(O[C@H]5CN([C@H]6CCN(CC)C6=O)CCO5)CCC45CC35CCC21C)C(C)(C)O. The summed E-state index contributed by atoms with van der Waals surface area (Å²) in [6, 6.07) is -0.0496. The number of hydrogen-bond acceptors (Lipinski definition) is 9. The van der Waals surface area contributed by atoms with E-state index in [0.29, 0.717) is 31.6 Å². The van der Waals surface area contributed by atoms with Gasteiger partial charge in [0.1, 0.15) is 6.10 Å². The van der Waals surface area contributed by atoms with E-state index in [9.17, 15) is 15.0 Å². The molecular formula is C41H69N3O7. The Morgan fingerprint density at radius 1 is 1.04 bits per heavy atom. The maximum atomic E-state index is 13.0. The Bertz CT molecular complexity index is 1360. The quantitative estimate of drug-likeness (QED) is 0.337. The van der Waals surface area contributed by atoms with Crippen molar-refractivity contribution in [2.45, 2.75) is 167 Å². The molecule has 1 amide bonds. The number of aliphatic hydroxyl groups excluding tert-OH is 1. The third-order valence-electron chi connectivity index (χ3n) is 17.1. The molecule has 5 aliphatic carbocycles. The molecule has 7 unspecified atom stereocenters. The average molecular weight is 716 g/mol. The zero-order chi connectivity index (χ0) is 36.5. The lowest BCUT2D eigenvalue weighted by Gasteiger charge is -2.63. The summed E-state index contributed by atoms with van der Waals surface area (Å²) in [5, 5.41) is 23.6. The monoisotopic (exact) mass is 716 g/mol. The number of carbonyl (C=O) groups is 1. The summed E-state index contributed by atoms with van der Waals surface area (Å²) >= 11 is 0. The maximum absolute atomic E-state index is 13.0. The fourth-order valence-corrected chi connectivity index (χ4v) is 14.9. The Morgan fingerprint density at radius 3 is 2.45 bits per heavy atom. The minimum atomic E-state index is -1.06. The Morgan fingerprint density at radius 2 is 1.76 bits per heavy atom. The molecule has 0 radical (unpaired) electrons. The van der Waals surface area contributed by atoms with Gasteiger partial charge in [0.15, 0.2) is 6.29 Å². The number of nitrogens with zero attached hydrogens (tertiary/aromatic N) is 2. The summed E-state index contributed by atoms with van der Waals surface area (Å²) in [6.45, 7) is 21.3. The predicted molar refractivity (Wildman–Crippen MR) is 193 cm³/mol. The summed E-state index contributed by atoms with van der Waals surface area (Å²) in [7, 11) is 0. The summed E-state index contributed by atoms with van der Waals surface area (Å²) < 4.78 is 26.2. The molecule has 8 rings (SSSR count). The van der Waals surface area contributed by atoms with Gasteiger partial charge < -0.3 is 39.8 Å². The van der Waals surface area contributed by atoms with Crippen LogP contribution in [0.1, 0.15) is 113 Å². The molecule has 3 saturated heterocycles. The largest absolute Gasteiger partial charge is 0.388 e. The van der Waals surface area contributed by atoms with E-state index in [1.165, 1.54) is 12.8 Å². The molecule has 3 heterocycles. The summed E-state index contributed by atoms with van der Waals surface area (Å²) in [4.78, 5) is 17.3. The Balaban J connectivity index is 0.998. The number of morpholine rings is 1. The van der Waals surface area contributed by atoms with Crippen molar-refractivity contribution in [1.29, 1.82) is 0 Å². The minimum absolute atomic E-state index is 0.0262. The molecule has 290 valence electrons. The van der Waals surface area contributed by atoms with Gasteiger partial charge >= 0.3 is 0 Å². The lowest BCUT2D eigenvalue weighted by molar-refractivity contribution is -0.248. The first-order valence-corrected chi connectivity index (χ1v) is 20.8. The van der Waals surface area contributed by atoms with Crippen molar-refractivity contribution in [2.24, 2.45) is 51.1 Å². The van der Waals surface area contributed by atoms with Crippen LogP contribution in [-0.2, 0) is 23.7 Å². The van der Waals surface area contributed by atoms with Gasteiger partial charge in [0, 0.05) is 26.2 Å². The van der Waals surface area contributed by atoms with Gasteiger partial charge in [-0.2, -0.15) is 0 Å². The number of carbonyl (C=O) groups excluding carboxylic acids is 1. The van der Waals surface area contributed by atoms with Crippen molar-refractivity contribution in [3.05, 3.63) is 0 Å². The topological polar surface area (TPSA) is 127 Å². The second-order valence-electron chi connectivity index (χ2n) is 19.9. The van der Waals surface area contributed by atoms with Crippen molar-refractivity contribution in [3.8, 4) is 0 Å². The third kappa shape index (κ3) is 5.05. The van der Waals surface area contributed by atoms with Crippen LogP contribution in [0.15, 0.2) is 0 Å². The van der Waals surface area contributed by atoms with Crippen LogP contribution in [0.5, 0.6) is 0 Å². The van der Waals surface area contributed by atoms with Crippen LogP contribution in [-0.4, -0.2) is 119 Å². The minimum Gasteiger partial charge on any atom is -0.388 e. The number of ether oxygens (including phenoxy) is 4. The van der Waals surface area contributed by atoms with E-state index < -0.39 is 23.3 Å². The lowest BCUT2D eigenvalue weighted by atomic mass is 9.43. The molecule has 10 heteroatoms. The van der Waals surface area contributed by atoms with Crippen LogP contribution in [0.2, 0.25) is 0 Å². The van der Waals surface area contributed by atoms with Crippen molar-refractivity contribution in [3.63, 3.8) is 0 Å². The number of fused-ring (bicyclic) bond motifs is 4. The fourth-order valence-electron chi connectivity index (χ4n) is 14.9. The lowest BCUT2D eigenvalue weighted by Crippen LogP contribution is -2.70. The van der Waals surface area contributed by atoms with Gasteiger partial charge in [-0.1, -0.05) is 27.7 Å². The maximum Gasteiger partial charge on any atom is 0.239 e. The molecule has 0 aromatic rings. The summed E-state index contributed by atoms with van der Waals surface area (Å²) in [5.41, 5.74) is 6.19. The van der Waals surface area contributed by atoms with E-state index in [-0.39, 0.29) is 70.0 Å². The third-order valence-corrected chi connectivity index (χ3v) is 17.1. The number of aliphatic hydroxyl groups is 2. The van der Waals surface area contributed by atoms with Gasteiger partial charge in [-0.15, -0.1) is 0 Å². The number of nitrogens with two attached hydrogens (primary N) is 1. The van der Waals surface area contributed by atoms with Crippen LogP contribution < -0.4 is 5.73 Å². The molecular weight excluding hydrogens is 646 g/mol. The van der Waals surface area contributed by atoms with Crippen molar-refractivity contribution >= 4 is 5.91 Å². The molecule has 10 nitrogen and oxygen atoms in total. The Hall–Kier alpha value is -0.850. The second-order valence-corrected chi connectivity index (χ2v) is 19.9. The van der Waals surface area contributed by atoms with E-state index in [0.717, 1.165) is 64.6 Å². The first-order valence-electron chi connectivity index (χ1n) is 20.8. The number of amides is 1. The fraction of sp³-hybridized carbons (Fsp3) is 0.976. The van der Waals surface area contributed by atoms with Crippen molar-refractivity contribution in [2.75, 3.05) is 39.4 Å². The highest BCUT2D eigenvalue weighted by Gasteiger charge is 2.85. The van der Waals surface area contributed by atoms with E-state index in [1.807, 2.05) is 11.8 Å². The molecule has 5 saturated carbocycles. The average Bonchev–Trinajstić information content (AvgIpc) is 3.53. The molecule has 51 heavy (non-hydrogen) atoms. The van der Waals surface area contributed by atoms with Gasteiger partial charge in [0.2, 0.25) is 5.91 Å². The standard InChI is InChI=1S/C41H69N3O7/c1-9-43-18-14-25(35(43)46)44-19-20-49-30(22-44)51-29-13-15-39-23-40(39)17-16-38(8)31-24(3)21-26(34(48-10-2)37(6,7)47)50-32(31)33(45)41(38,42)28(40)12-11-27(39)36(29,4)5/h24-34,45,47H,9-23,42H2,1-8H3/t24-,25+,26?,27+,28?,29?,30+,31+,32?,33+,34-,38?,39?,40?,41+/m1/s1. The van der Waals surface area contributed by atoms with Crippen LogP contribution in [0, 0.1) is 45.3 Å². The number of rotatable bonds is 8. The second kappa shape index (κ2) is 12.3. The molecule has 0 bridgehead atoms. The zero-order valence-corrected chi connectivity index (χ0v) is 32.9. The highest BCUT2D eigenvalue weighted by Crippen LogP contribution is 2.87. The normalized spacial score (nSPS) is 51.3. The van der Waals surface area contributed by atoms with Gasteiger partial charge in [-0.05, 0) is 131 Å². The van der Waals surface area contributed by atoms with Crippen LogP contribution in [0.4, 0.5) is 0 Å². The zero-order valence-electron chi connectivity index (χ0n) is 32.9. The molecule has 8 aliphatic rings. The van der Waals surface area contributed by atoms with E-state index >= 15 is 0 Å². The molecule has 15 atom stereocenters. The molecule has 3 aliphatic heterocycles. The van der Waals surface area contributed by atoms with Gasteiger partial charge in [-0.25, -0.2) is 0 Å². The van der Waals surface area contributed by atoms with Crippen LogP contribution >= 0.6 is 0 Å². The molecule has 4 N–H and O–H groups in total. The van der Waals surface area contributed by atoms with Crippen LogP contribution in [0.25, 0.3) is 0 Å². The van der Waals surface area contributed by atoms with Gasteiger partial charge in [0.25, 0.3) is 0 Å². The predicted octanol–water partition coefficient (Wildman–Crippen LogP) is 4.33.